The van der Waals surface area contributed by atoms with E-state index in [0.29, 0.717) is 6.07 Å². The van der Waals surface area contributed by atoms with Gasteiger partial charge in [-0.2, -0.15) is 13.2 Å². The smallest absolute Gasteiger partial charge is 0.294 e. The first-order valence-corrected chi connectivity index (χ1v) is 3.86. The van der Waals surface area contributed by atoms with Crippen molar-refractivity contribution in [3.63, 3.8) is 0 Å². The Balaban J connectivity index is 3.27. The molecule has 0 aromatic heterocycles. The molecule has 1 aromatic rings. The van der Waals surface area contributed by atoms with Gasteiger partial charge in [0.15, 0.2) is 5.78 Å². The minimum absolute atomic E-state index is 0.0921. The third-order valence-electron chi connectivity index (χ3n) is 1.56. The van der Waals surface area contributed by atoms with E-state index in [1.807, 2.05) is 0 Å². The maximum Gasteiger partial charge on any atom is 0.416 e. The van der Waals surface area contributed by atoms with Crippen LogP contribution >= 0.6 is 11.6 Å². The zero-order chi connectivity index (χ0) is 10.9. The molecule has 0 unspecified atom stereocenters. The summed E-state index contributed by atoms with van der Waals surface area (Å²) >= 11 is 5.47. The van der Waals surface area contributed by atoms with Crippen LogP contribution < -0.4 is 0 Å². The molecule has 0 saturated heterocycles. The van der Waals surface area contributed by atoms with Crippen LogP contribution in [0.2, 0.25) is 5.02 Å². The summed E-state index contributed by atoms with van der Waals surface area (Å²) in [5.41, 5.74) is -1.28. The van der Waals surface area contributed by atoms with Gasteiger partial charge >= 0.3 is 6.18 Å². The summed E-state index contributed by atoms with van der Waals surface area (Å²) < 4.78 is 36.5. The second kappa shape index (κ2) is 3.61. The van der Waals surface area contributed by atoms with Crippen molar-refractivity contribution in [1.29, 1.82) is 0 Å². The molecule has 0 aliphatic carbocycles. The number of ketones is 1. The van der Waals surface area contributed by atoms with Crippen molar-refractivity contribution in [2.24, 2.45) is 0 Å². The summed E-state index contributed by atoms with van der Waals surface area (Å²) in [6.07, 6.45) is -4.51. The van der Waals surface area contributed by atoms with E-state index in [2.05, 4.69) is 0 Å². The Morgan fingerprint density at radius 2 is 1.93 bits per heavy atom. The molecule has 0 spiro atoms. The molecule has 1 rings (SSSR count). The van der Waals surface area contributed by atoms with Crippen LogP contribution in [0.25, 0.3) is 0 Å². The number of carbonyl (C=O) groups is 1. The van der Waals surface area contributed by atoms with E-state index in [9.17, 15) is 18.0 Å². The summed E-state index contributed by atoms with van der Waals surface area (Å²) in [6.45, 7) is 4.84. The Bertz CT molecular complexity index is 371. The van der Waals surface area contributed by atoms with E-state index in [1.165, 1.54) is 0 Å². The van der Waals surface area contributed by atoms with E-state index in [-0.39, 0.29) is 10.6 Å². The summed E-state index contributed by atoms with van der Waals surface area (Å²) in [4.78, 5) is 10.7. The zero-order valence-corrected chi connectivity index (χ0v) is 7.49. The SMILES string of the molecule is [CH]C(=O)c1cc(C(F)(F)F)ccc1Cl. The zero-order valence-electron chi connectivity index (χ0n) is 6.73. The lowest BCUT2D eigenvalue weighted by Crippen LogP contribution is -2.06. The average Bonchev–Trinajstić information content (AvgIpc) is 2.02. The molecule has 1 nitrogen and oxygen atoms in total. The van der Waals surface area contributed by atoms with Crippen molar-refractivity contribution in [3.8, 4) is 0 Å². The van der Waals surface area contributed by atoms with Crippen molar-refractivity contribution in [3.05, 3.63) is 41.3 Å². The van der Waals surface area contributed by atoms with Crippen LogP contribution in [0.4, 0.5) is 13.2 Å². The summed E-state index contributed by atoms with van der Waals surface area (Å²) in [5, 5.41) is -0.0921. The molecule has 0 aliphatic rings. The number of Topliss-reactive ketones (excluding diaryl/α,β-unsaturated/α-hetero) is 1. The van der Waals surface area contributed by atoms with Gasteiger partial charge in [0.2, 0.25) is 0 Å². The van der Waals surface area contributed by atoms with E-state index < -0.39 is 17.5 Å². The van der Waals surface area contributed by atoms with Gasteiger partial charge in [0, 0.05) is 12.5 Å². The molecular formula is C9H4ClF3O. The van der Waals surface area contributed by atoms with Crippen LogP contribution in [0, 0.1) is 6.92 Å². The van der Waals surface area contributed by atoms with Gasteiger partial charge < -0.3 is 0 Å². The maximum atomic E-state index is 12.2. The van der Waals surface area contributed by atoms with E-state index in [0.717, 1.165) is 12.1 Å². The van der Waals surface area contributed by atoms with Crippen LogP contribution in [0.3, 0.4) is 0 Å². The van der Waals surface area contributed by atoms with Gasteiger partial charge in [0.25, 0.3) is 0 Å². The first-order valence-electron chi connectivity index (χ1n) is 3.49. The molecule has 0 aliphatic heterocycles. The Morgan fingerprint density at radius 3 is 2.36 bits per heavy atom. The van der Waals surface area contributed by atoms with Crippen molar-refractivity contribution in [1.82, 2.24) is 0 Å². The highest BCUT2D eigenvalue weighted by Gasteiger charge is 2.31. The van der Waals surface area contributed by atoms with Crippen LogP contribution in [-0.4, -0.2) is 5.78 Å². The maximum absolute atomic E-state index is 12.2. The molecular weight excluding hydrogens is 217 g/mol. The summed E-state index contributed by atoms with van der Waals surface area (Å²) in [7, 11) is 0. The fourth-order valence-electron chi connectivity index (χ4n) is 0.890. The van der Waals surface area contributed by atoms with E-state index in [4.69, 9.17) is 18.5 Å². The topological polar surface area (TPSA) is 17.1 Å². The van der Waals surface area contributed by atoms with Crippen LogP contribution in [0.15, 0.2) is 18.2 Å². The largest absolute Gasteiger partial charge is 0.416 e. The average molecular weight is 221 g/mol. The summed E-state index contributed by atoms with van der Waals surface area (Å²) in [5.74, 6) is -0.985. The molecule has 0 bridgehead atoms. The fourth-order valence-corrected chi connectivity index (χ4v) is 1.10. The minimum Gasteiger partial charge on any atom is -0.294 e. The van der Waals surface area contributed by atoms with Gasteiger partial charge in [-0.05, 0) is 18.2 Å². The molecule has 14 heavy (non-hydrogen) atoms. The molecule has 1 aromatic carbocycles. The third kappa shape index (κ3) is 2.26. The number of hydrogen-bond acceptors (Lipinski definition) is 1. The highest BCUT2D eigenvalue weighted by molar-refractivity contribution is 6.34. The lowest BCUT2D eigenvalue weighted by molar-refractivity contribution is -0.137. The van der Waals surface area contributed by atoms with Gasteiger partial charge in [0.05, 0.1) is 10.6 Å². The van der Waals surface area contributed by atoms with Gasteiger partial charge in [-0.3, -0.25) is 4.79 Å². The molecule has 74 valence electrons. The monoisotopic (exact) mass is 220 g/mol. The number of benzene rings is 1. The molecule has 0 amide bonds. The quantitative estimate of drug-likeness (QED) is 0.664. The predicted molar refractivity (Wildman–Crippen MR) is 45.1 cm³/mol. The molecule has 0 N–H and O–H groups in total. The normalized spacial score (nSPS) is 11.5. The van der Waals surface area contributed by atoms with Crippen molar-refractivity contribution >= 4 is 17.4 Å². The van der Waals surface area contributed by atoms with Crippen molar-refractivity contribution in [2.45, 2.75) is 6.18 Å². The number of rotatable bonds is 1. The molecule has 5 heteroatoms. The number of halogens is 4. The highest BCUT2D eigenvalue weighted by Crippen LogP contribution is 2.31. The molecule has 2 radical (unpaired) electrons. The Hall–Kier alpha value is -1.03. The second-order valence-corrected chi connectivity index (χ2v) is 2.96. The third-order valence-corrected chi connectivity index (χ3v) is 1.89. The second-order valence-electron chi connectivity index (χ2n) is 2.56. The van der Waals surface area contributed by atoms with E-state index >= 15 is 0 Å². The number of carbonyl (C=O) groups excluding carboxylic acids is 1. The predicted octanol–water partition coefficient (Wildman–Crippen LogP) is 3.25. The molecule has 0 saturated carbocycles. The van der Waals surface area contributed by atoms with Gasteiger partial charge in [-0.1, -0.05) is 11.6 Å². The minimum atomic E-state index is -4.51. The molecule has 0 fully saturated rings. The summed E-state index contributed by atoms with van der Waals surface area (Å²) in [6, 6.07) is 2.41. The number of alkyl halides is 3. The van der Waals surface area contributed by atoms with Crippen molar-refractivity contribution < 1.29 is 18.0 Å². The Kier molecular flexibility index (Phi) is 2.85. The Morgan fingerprint density at radius 1 is 1.36 bits per heavy atom. The van der Waals surface area contributed by atoms with Gasteiger partial charge in [-0.15, -0.1) is 0 Å². The lowest BCUT2D eigenvalue weighted by Gasteiger charge is -2.08. The molecule has 0 atom stereocenters. The van der Waals surface area contributed by atoms with Gasteiger partial charge in [-0.25, -0.2) is 0 Å². The number of hydrogen-bond donors (Lipinski definition) is 0. The first kappa shape index (κ1) is 11.0. The molecule has 0 heterocycles. The first-order chi connectivity index (χ1) is 6.32. The standard InChI is InChI=1S/C9H4ClF3O/c1-5(14)7-4-6(9(11,12)13)2-3-8(7)10/h1-4H. The van der Waals surface area contributed by atoms with Gasteiger partial charge in [0.1, 0.15) is 0 Å². The Labute approximate surface area is 83.5 Å². The van der Waals surface area contributed by atoms with Crippen molar-refractivity contribution in [2.75, 3.05) is 0 Å². The van der Waals surface area contributed by atoms with Crippen LogP contribution in [0.1, 0.15) is 15.9 Å². The fraction of sp³-hybridized carbons (Fsp3) is 0.111. The van der Waals surface area contributed by atoms with Crippen LogP contribution in [-0.2, 0) is 6.18 Å². The van der Waals surface area contributed by atoms with Crippen LogP contribution in [0.5, 0.6) is 0 Å². The van der Waals surface area contributed by atoms with E-state index in [1.54, 1.807) is 0 Å². The highest BCUT2D eigenvalue weighted by atomic mass is 35.5. The lowest BCUT2D eigenvalue weighted by atomic mass is 10.1.